The molecule has 0 unspecified atom stereocenters. The van der Waals surface area contributed by atoms with Crippen molar-refractivity contribution in [2.45, 2.75) is 51.7 Å². The molecule has 1 rings (SSSR count). The van der Waals surface area contributed by atoms with Crippen LogP contribution in [0.15, 0.2) is 42.5 Å². The summed E-state index contributed by atoms with van der Waals surface area (Å²) >= 11 is 0. The van der Waals surface area contributed by atoms with Gasteiger partial charge in [0.05, 0.1) is 0 Å². The Balaban J connectivity index is 2.25. The molecule has 0 aliphatic rings. The Morgan fingerprint density at radius 1 is 1.05 bits per heavy atom. The van der Waals surface area contributed by atoms with Gasteiger partial charge in [0.2, 0.25) is 0 Å². The summed E-state index contributed by atoms with van der Waals surface area (Å²) in [4.78, 5) is 0. The van der Waals surface area contributed by atoms with Crippen molar-refractivity contribution in [2.24, 2.45) is 0 Å². The predicted molar refractivity (Wildman–Crippen MR) is 87.1 cm³/mol. The van der Waals surface area contributed by atoms with Gasteiger partial charge in [-0.25, -0.2) is 0 Å². The number of allylic oxidation sites excluding steroid dienone is 1. The molecule has 0 aliphatic heterocycles. The summed E-state index contributed by atoms with van der Waals surface area (Å²) in [6, 6.07) is 10.6. The molecule has 106 valence electrons. The van der Waals surface area contributed by atoms with Crippen LogP contribution in [-0.2, 0) is 10.8 Å². The van der Waals surface area contributed by atoms with Crippen LogP contribution in [0.4, 0.5) is 0 Å². The second-order valence-corrected chi connectivity index (χ2v) is 11.4. The zero-order chi connectivity index (χ0) is 14.4. The summed E-state index contributed by atoms with van der Waals surface area (Å²) in [5.41, 5.74) is 1.36. The van der Waals surface area contributed by atoms with Crippen molar-refractivity contribution >= 4 is 8.32 Å². The van der Waals surface area contributed by atoms with Gasteiger partial charge in [0.25, 0.3) is 0 Å². The summed E-state index contributed by atoms with van der Waals surface area (Å²) in [5, 5.41) is 0.306. The fraction of sp³-hybridized carbons (Fsp3) is 0.529. The van der Waals surface area contributed by atoms with Crippen LogP contribution in [0.1, 0.15) is 32.8 Å². The number of hydrogen-bond donors (Lipinski definition) is 0. The van der Waals surface area contributed by atoms with Crippen LogP contribution in [0.2, 0.25) is 18.1 Å². The van der Waals surface area contributed by atoms with Gasteiger partial charge in [-0.2, -0.15) is 0 Å². The van der Waals surface area contributed by atoms with E-state index in [0.29, 0.717) is 5.04 Å². The van der Waals surface area contributed by atoms with Crippen LogP contribution < -0.4 is 0 Å². The van der Waals surface area contributed by atoms with E-state index in [1.54, 1.807) is 0 Å². The molecule has 0 fully saturated rings. The van der Waals surface area contributed by atoms with Crippen LogP contribution in [0.5, 0.6) is 0 Å². The van der Waals surface area contributed by atoms with Gasteiger partial charge in [-0.1, -0.05) is 63.3 Å². The van der Waals surface area contributed by atoms with Crippen molar-refractivity contribution in [1.82, 2.24) is 0 Å². The van der Waals surface area contributed by atoms with E-state index in [2.05, 4.69) is 76.3 Å². The van der Waals surface area contributed by atoms with Gasteiger partial charge in [0.15, 0.2) is 8.32 Å². The van der Waals surface area contributed by atoms with Crippen molar-refractivity contribution in [3.8, 4) is 0 Å². The number of benzene rings is 1. The van der Waals surface area contributed by atoms with Crippen LogP contribution in [0, 0.1) is 0 Å². The second kappa shape index (κ2) is 7.06. The van der Waals surface area contributed by atoms with Crippen molar-refractivity contribution < 1.29 is 4.43 Å². The van der Waals surface area contributed by atoms with E-state index in [0.717, 1.165) is 19.4 Å². The largest absolute Gasteiger partial charge is 0.417 e. The summed E-state index contributed by atoms with van der Waals surface area (Å²) in [7, 11) is -1.56. The molecule has 0 radical (unpaired) electrons. The molecule has 2 heteroatoms. The van der Waals surface area contributed by atoms with Crippen LogP contribution in [0.25, 0.3) is 0 Å². The summed E-state index contributed by atoms with van der Waals surface area (Å²) in [6.45, 7) is 12.3. The van der Waals surface area contributed by atoms with E-state index in [1.807, 2.05) is 0 Å². The number of hydrogen-bond acceptors (Lipinski definition) is 1. The molecule has 19 heavy (non-hydrogen) atoms. The molecule has 0 amide bonds. The molecule has 0 saturated carbocycles. The van der Waals surface area contributed by atoms with Gasteiger partial charge in [0.1, 0.15) is 0 Å². The first-order valence-electron chi connectivity index (χ1n) is 7.16. The molecule has 1 aromatic carbocycles. The predicted octanol–water partition coefficient (Wildman–Crippen LogP) is 5.20. The fourth-order valence-corrected chi connectivity index (χ4v) is 2.61. The van der Waals surface area contributed by atoms with Gasteiger partial charge in [0, 0.05) is 6.61 Å². The lowest BCUT2D eigenvalue weighted by molar-refractivity contribution is 0.294. The first kappa shape index (κ1) is 16.2. The van der Waals surface area contributed by atoms with E-state index in [4.69, 9.17) is 4.43 Å². The van der Waals surface area contributed by atoms with Crippen molar-refractivity contribution in [3.63, 3.8) is 0 Å². The third-order valence-corrected chi connectivity index (χ3v) is 8.45. The highest BCUT2D eigenvalue weighted by atomic mass is 28.4. The molecule has 0 aliphatic carbocycles. The molecular formula is C17H28OSi. The molecule has 0 N–H and O–H groups in total. The maximum Gasteiger partial charge on any atom is 0.191 e. The second-order valence-electron chi connectivity index (χ2n) is 6.56. The van der Waals surface area contributed by atoms with E-state index in [-0.39, 0.29) is 0 Å². The minimum absolute atomic E-state index is 0.306. The van der Waals surface area contributed by atoms with Crippen LogP contribution in [0.3, 0.4) is 0 Å². The maximum absolute atomic E-state index is 6.13. The minimum atomic E-state index is -1.56. The molecule has 1 nitrogen and oxygen atoms in total. The lowest BCUT2D eigenvalue weighted by Gasteiger charge is -2.36. The van der Waals surface area contributed by atoms with E-state index in [1.165, 1.54) is 5.56 Å². The Kier molecular flexibility index (Phi) is 6.02. The topological polar surface area (TPSA) is 9.23 Å². The van der Waals surface area contributed by atoms with Gasteiger partial charge in [-0.05, 0) is 36.5 Å². The Morgan fingerprint density at radius 3 is 2.26 bits per heavy atom. The van der Waals surface area contributed by atoms with Gasteiger partial charge < -0.3 is 4.43 Å². The highest BCUT2D eigenvalue weighted by Gasteiger charge is 2.36. The lowest BCUT2D eigenvalue weighted by Crippen LogP contribution is -2.40. The SMILES string of the molecule is CC(C)(C)[Si](C)(C)OCC/C=C/Cc1ccccc1. The van der Waals surface area contributed by atoms with E-state index < -0.39 is 8.32 Å². The quantitative estimate of drug-likeness (QED) is 0.394. The Bertz CT molecular complexity index is 387. The van der Waals surface area contributed by atoms with Crippen molar-refractivity contribution in [1.29, 1.82) is 0 Å². The summed E-state index contributed by atoms with van der Waals surface area (Å²) in [5.74, 6) is 0. The van der Waals surface area contributed by atoms with Crippen LogP contribution in [-0.4, -0.2) is 14.9 Å². The first-order chi connectivity index (χ1) is 8.83. The Labute approximate surface area is 119 Å². The molecular weight excluding hydrogens is 248 g/mol. The molecule has 0 saturated heterocycles. The smallest absolute Gasteiger partial charge is 0.191 e. The standard InChI is InChI=1S/C17H28OSi/c1-17(2,3)19(4,5)18-15-11-7-10-14-16-12-8-6-9-13-16/h6-10,12-13H,11,14-15H2,1-5H3/b10-7+. The first-order valence-corrected chi connectivity index (χ1v) is 10.1. The highest BCUT2D eigenvalue weighted by Crippen LogP contribution is 2.36. The molecule has 0 spiro atoms. The average molecular weight is 276 g/mol. The zero-order valence-electron chi connectivity index (χ0n) is 13.1. The van der Waals surface area contributed by atoms with E-state index >= 15 is 0 Å². The molecule has 0 heterocycles. The lowest BCUT2D eigenvalue weighted by atomic mass is 10.1. The molecule has 1 aromatic rings. The molecule has 0 aromatic heterocycles. The summed E-state index contributed by atoms with van der Waals surface area (Å²) in [6.07, 6.45) is 6.50. The maximum atomic E-state index is 6.13. The number of rotatable bonds is 6. The average Bonchev–Trinajstić information content (AvgIpc) is 2.33. The Morgan fingerprint density at radius 2 is 1.68 bits per heavy atom. The molecule has 0 bridgehead atoms. The third-order valence-electron chi connectivity index (χ3n) is 3.92. The molecule has 0 atom stereocenters. The van der Waals surface area contributed by atoms with Crippen molar-refractivity contribution in [3.05, 3.63) is 48.0 Å². The van der Waals surface area contributed by atoms with Gasteiger partial charge in [-0.15, -0.1) is 0 Å². The van der Waals surface area contributed by atoms with Gasteiger partial charge in [-0.3, -0.25) is 0 Å². The third kappa shape index (κ3) is 5.75. The minimum Gasteiger partial charge on any atom is -0.417 e. The van der Waals surface area contributed by atoms with Crippen LogP contribution >= 0.6 is 0 Å². The normalized spacial score (nSPS) is 13.1. The fourth-order valence-electron chi connectivity index (χ4n) is 1.55. The highest BCUT2D eigenvalue weighted by molar-refractivity contribution is 6.74. The van der Waals surface area contributed by atoms with E-state index in [9.17, 15) is 0 Å². The zero-order valence-corrected chi connectivity index (χ0v) is 14.1. The van der Waals surface area contributed by atoms with Crippen molar-refractivity contribution in [2.75, 3.05) is 6.61 Å². The Hall–Kier alpha value is -0.863. The summed E-state index contributed by atoms with van der Waals surface area (Å²) < 4.78 is 6.13. The monoisotopic (exact) mass is 276 g/mol. The van der Waals surface area contributed by atoms with Gasteiger partial charge >= 0.3 is 0 Å².